The van der Waals surface area contributed by atoms with E-state index in [4.69, 9.17) is 18.9 Å². The van der Waals surface area contributed by atoms with Crippen molar-refractivity contribution >= 4 is 11.9 Å². The van der Waals surface area contributed by atoms with Crippen molar-refractivity contribution in [2.75, 3.05) is 46.5 Å². The van der Waals surface area contributed by atoms with E-state index in [1.165, 1.54) is 0 Å². The van der Waals surface area contributed by atoms with Crippen LogP contribution in [0.4, 0.5) is 4.79 Å². The number of aromatic nitrogens is 1. The summed E-state index contributed by atoms with van der Waals surface area (Å²) in [6, 6.07) is 16.2. The van der Waals surface area contributed by atoms with Crippen LogP contribution in [0, 0.1) is 0 Å². The first-order valence-corrected chi connectivity index (χ1v) is 14.1. The van der Waals surface area contributed by atoms with Gasteiger partial charge in [0.25, 0.3) is 5.91 Å². The Bertz CT molecular complexity index is 1340. The number of carbonyl (C=O) groups excluding carboxylic acids is 2. The quantitative estimate of drug-likeness (QED) is 0.384. The Morgan fingerprint density at radius 1 is 1.02 bits per heavy atom. The summed E-state index contributed by atoms with van der Waals surface area (Å²) in [6.07, 6.45) is 4.15. The molecule has 3 aromatic rings. The van der Waals surface area contributed by atoms with Gasteiger partial charge in [-0.1, -0.05) is 18.2 Å². The highest BCUT2D eigenvalue weighted by molar-refractivity contribution is 5.95. The van der Waals surface area contributed by atoms with Gasteiger partial charge in [0.05, 0.1) is 25.4 Å². The van der Waals surface area contributed by atoms with Crippen molar-refractivity contribution < 1.29 is 28.5 Å². The predicted molar refractivity (Wildman–Crippen MR) is 156 cm³/mol. The third kappa shape index (κ3) is 8.41. The van der Waals surface area contributed by atoms with E-state index in [1.807, 2.05) is 36.5 Å². The molecule has 0 radical (unpaired) electrons. The van der Waals surface area contributed by atoms with Gasteiger partial charge in [0.2, 0.25) is 0 Å². The van der Waals surface area contributed by atoms with E-state index in [9.17, 15) is 9.59 Å². The summed E-state index contributed by atoms with van der Waals surface area (Å²) in [4.78, 5) is 32.3. The molecule has 0 unspecified atom stereocenters. The predicted octanol–water partition coefficient (Wildman–Crippen LogP) is 3.10. The van der Waals surface area contributed by atoms with E-state index in [0.29, 0.717) is 49.2 Å². The molecule has 222 valence electrons. The number of fused-ring (bicyclic) bond motifs is 5. The van der Waals surface area contributed by atoms with Crippen LogP contribution in [-0.4, -0.2) is 80.5 Å². The van der Waals surface area contributed by atoms with Crippen LogP contribution in [-0.2, 0) is 22.6 Å². The molecule has 42 heavy (non-hydrogen) atoms. The van der Waals surface area contributed by atoms with Gasteiger partial charge in [0, 0.05) is 63.9 Å². The Labute approximate surface area is 245 Å². The summed E-state index contributed by atoms with van der Waals surface area (Å²) >= 11 is 0. The number of urea groups is 1. The molecule has 4 bridgehead atoms. The lowest BCUT2D eigenvalue weighted by Gasteiger charge is -2.38. The minimum absolute atomic E-state index is 0.167. The van der Waals surface area contributed by atoms with Crippen LogP contribution in [0.25, 0.3) is 0 Å². The van der Waals surface area contributed by atoms with Gasteiger partial charge in [0.1, 0.15) is 23.9 Å². The summed E-state index contributed by atoms with van der Waals surface area (Å²) in [5, 5.41) is 8.78. The normalized spacial score (nSPS) is 20.0. The second-order valence-corrected chi connectivity index (χ2v) is 10.3. The Kier molecular flexibility index (Phi) is 10.2. The number of piperidine rings is 1. The Morgan fingerprint density at radius 3 is 2.79 bits per heavy atom. The third-order valence-corrected chi connectivity index (χ3v) is 7.08. The van der Waals surface area contributed by atoms with Crippen LogP contribution in [0.1, 0.15) is 27.9 Å². The summed E-state index contributed by atoms with van der Waals surface area (Å²) < 4.78 is 23.5. The maximum absolute atomic E-state index is 13.0. The van der Waals surface area contributed by atoms with E-state index < -0.39 is 0 Å². The van der Waals surface area contributed by atoms with Gasteiger partial charge >= 0.3 is 6.03 Å². The van der Waals surface area contributed by atoms with Gasteiger partial charge in [0.15, 0.2) is 0 Å². The number of carbonyl (C=O) groups is 2. The number of benzene rings is 2. The molecule has 3 heterocycles. The molecule has 11 heteroatoms. The number of pyridine rings is 1. The van der Waals surface area contributed by atoms with Gasteiger partial charge in [-0.05, 0) is 47.9 Å². The number of likely N-dealkylation sites (tertiary alicyclic amines) is 1. The molecule has 3 N–H and O–H groups in total. The minimum atomic E-state index is -0.302. The van der Waals surface area contributed by atoms with Crippen molar-refractivity contribution in [1.29, 1.82) is 0 Å². The summed E-state index contributed by atoms with van der Waals surface area (Å²) in [6.45, 7) is 3.82. The number of ether oxygens (including phenoxy) is 4. The van der Waals surface area contributed by atoms with Crippen molar-refractivity contribution in [3.05, 3.63) is 83.7 Å². The fraction of sp³-hybridized carbons (Fsp3) is 0.387. The Hall–Kier alpha value is -4.19. The smallest absolute Gasteiger partial charge is 0.315 e. The molecule has 1 fully saturated rings. The lowest BCUT2D eigenvalue weighted by Crippen LogP contribution is -2.56. The number of hydrogen-bond acceptors (Lipinski definition) is 8. The molecule has 1 aromatic heterocycles. The standard InChI is InChI=1S/C31H37N5O6/c1-39-12-13-40-26-15-24-16-27(17-26)42-25-6-2-4-22(14-25)21-41-29-20-36(19-23-5-3-8-32-18-23)11-7-28(29)35-31(38)34-10-9-33-30(24)37/h2-6,8,14-18,28-29H,7,9-13,19-21H2,1H3,(H,33,37)(H2,34,35,38)/t28-,29-/m0/s1. The van der Waals surface area contributed by atoms with Crippen LogP contribution in [0.2, 0.25) is 0 Å². The molecule has 3 amide bonds. The van der Waals surface area contributed by atoms with Gasteiger partial charge in [-0.15, -0.1) is 0 Å². The largest absolute Gasteiger partial charge is 0.491 e. The van der Waals surface area contributed by atoms with E-state index in [-0.39, 0.29) is 37.2 Å². The lowest BCUT2D eigenvalue weighted by atomic mass is 10.0. The van der Waals surface area contributed by atoms with E-state index in [2.05, 4.69) is 31.9 Å². The molecule has 11 nitrogen and oxygen atoms in total. The van der Waals surface area contributed by atoms with Gasteiger partial charge in [-0.2, -0.15) is 0 Å². The maximum Gasteiger partial charge on any atom is 0.315 e. The second kappa shape index (κ2) is 14.6. The zero-order valence-corrected chi connectivity index (χ0v) is 23.7. The zero-order chi connectivity index (χ0) is 29.1. The average molecular weight is 576 g/mol. The van der Waals surface area contributed by atoms with Gasteiger partial charge < -0.3 is 34.9 Å². The number of amides is 3. The molecule has 2 aliphatic heterocycles. The highest BCUT2D eigenvalue weighted by atomic mass is 16.5. The highest BCUT2D eigenvalue weighted by Gasteiger charge is 2.31. The lowest BCUT2D eigenvalue weighted by molar-refractivity contribution is -0.0303. The zero-order valence-electron chi connectivity index (χ0n) is 23.7. The molecular weight excluding hydrogens is 538 g/mol. The molecule has 2 atom stereocenters. The first-order chi connectivity index (χ1) is 20.6. The summed E-state index contributed by atoms with van der Waals surface area (Å²) in [7, 11) is 1.60. The Balaban J connectivity index is 1.35. The summed E-state index contributed by atoms with van der Waals surface area (Å²) in [5.41, 5.74) is 2.43. The van der Waals surface area contributed by atoms with E-state index in [1.54, 1.807) is 31.5 Å². The second-order valence-electron chi connectivity index (χ2n) is 10.3. The summed E-state index contributed by atoms with van der Waals surface area (Å²) in [5.74, 6) is 1.25. The van der Waals surface area contributed by atoms with Crippen molar-refractivity contribution in [2.24, 2.45) is 0 Å². The van der Waals surface area contributed by atoms with Crippen LogP contribution in [0.3, 0.4) is 0 Å². The molecular formula is C31H37N5O6. The number of methoxy groups -OCH3 is 1. The molecule has 1 saturated heterocycles. The third-order valence-electron chi connectivity index (χ3n) is 7.08. The van der Waals surface area contributed by atoms with Crippen molar-refractivity contribution in [3.8, 4) is 17.2 Å². The number of nitrogens with one attached hydrogen (secondary N) is 3. The number of hydrogen-bond donors (Lipinski definition) is 3. The van der Waals surface area contributed by atoms with Crippen LogP contribution < -0.4 is 25.4 Å². The topological polar surface area (TPSA) is 123 Å². The van der Waals surface area contributed by atoms with Crippen LogP contribution in [0.15, 0.2) is 67.0 Å². The van der Waals surface area contributed by atoms with Crippen LogP contribution >= 0.6 is 0 Å². The Morgan fingerprint density at radius 2 is 1.93 bits per heavy atom. The molecule has 2 aromatic carbocycles. The molecule has 5 rings (SSSR count). The molecule has 0 spiro atoms. The maximum atomic E-state index is 13.0. The van der Waals surface area contributed by atoms with Crippen molar-refractivity contribution in [2.45, 2.75) is 31.7 Å². The van der Waals surface area contributed by atoms with Gasteiger partial charge in [-0.3, -0.25) is 14.7 Å². The van der Waals surface area contributed by atoms with Crippen LogP contribution in [0.5, 0.6) is 17.2 Å². The minimum Gasteiger partial charge on any atom is -0.491 e. The molecule has 0 aliphatic carbocycles. The average Bonchev–Trinajstić information content (AvgIpc) is 2.99. The van der Waals surface area contributed by atoms with E-state index >= 15 is 0 Å². The van der Waals surface area contributed by atoms with Crippen molar-refractivity contribution in [1.82, 2.24) is 25.8 Å². The number of nitrogens with zero attached hydrogens (tertiary/aromatic N) is 2. The first kappa shape index (κ1) is 29.3. The van der Waals surface area contributed by atoms with E-state index in [0.717, 1.165) is 30.6 Å². The fourth-order valence-corrected chi connectivity index (χ4v) is 5.01. The van der Waals surface area contributed by atoms with Gasteiger partial charge in [-0.25, -0.2) is 4.79 Å². The SMILES string of the molecule is COCCOc1cc2cc(c1)C(=O)NCCNC(=O)N[C@H]1CCN(Cc3cccnc3)C[C@@H]1OCc1cccc(c1)O2. The first-order valence-electron chi connectivity index (χ1n) is 14.1. The number of rotatable bonds is 6. The molecule has 0 saturated carbocycles. The van der Waals surface area contributed by atoms with Crippen molar-refractivity contribution in [3.63, 3.8) is 0 Å². The molecule has 2 aliphatic rings. The highest BCUT2D eigenvalue weighted by Crippen LogP contribution is 2.29. The fourth-order valence-electron chi connectivity index (χ4n) is 5.01. The monoisotopic (exact) mass is 575 g/mol.